The second-order valence-electron chi connectivity index (χ2n) is 7.87. The van der Waals surface area contributed by atoms with Crippen LogP contribution in [0.1, 0.15) is 30.9 Å². The van der Waals surface area contributed by atoms with Crippen LogP contribution in [0.15, 0.2) is 42.5 Å². The topological polar surface area (TPSA) is 44.8 Å². The van der Waals surface area contributed by atoms with Crippen molar-refractivity contribution in [3.05, 3.63) is 53.6 Å². The van der Waals surface area contributed by atoms with E-state index < -0.39 is 0 Å². The molecule has 0 unspecified atom stereocenters. The van der Waals surface area contributed by atoms with Crippen LogP contribution in [0.4, 0.5) is 11.4 Å². The SMILES string of the molecule is Cc1ccc(C(C)C)c(OCC(=O)Nc2ccc(N3CCN(C)CC3)cc2)c1. The number of rotatable bonds is 6. The van der Waals surface area contributed by atoms with Crippen molar-refractivity contribution in [1.29, 1.82) is 0 Å². The molecule has 0 aliphatic carbocycles. The molecule has 0 atom stereocenters. The maximum Gasteiger partial charge on any atom is 0.262 e. The molecule has 3 rings (SSSR count). The summed E-state index contributed by atoms with van der Waals surface area (Å²) in [7, 11) is 2.15. The van der Waals surface area contributed by atoms with Gasteiger partial charge in [0.25, 0.3) is 5.91 Å². The minimum Gasteiger partial charge on any atom is -0.483 e. The van der Waals surface area contributed by atoms with Crippen LogP contribution in [0, 0.1) is 6.92 Å². The third-order valence-electron chi connectivity index (χ3n) is 5.17. The van der Waals surface area contributed by atoms with Crippen LogP contribution in [-0.4, -0.2) is 50.6 Å². The first-order valence-electron chi connectivity index (χ1n) is 9.99. The number of piperazine rings is 1. The molecule has 1 fully saturated rings. The fraction of sp³-hybridized carbons (Fsp3) is 0.435. The summed E-state index contributed by atoms with van der Waals surface area (Å²) in [5, 5.41) is 2.92. The predicted molar refractivity (Wildman–Crippen MR) is 116 cm³/mol. The minimum absolute atomic E-state index is 0.00336. The molecular formula is C23H31N3O2. The summed E-state index contributed by atoms with van der Waals surface area (Å²) in [5.41, 5.74) is 4.23. The maximum absolute atomic E-state index is 12.3. The number of likely N-dealkylation sites (N-methyl/N-ethyl adjacent to an activating group) is 1. The van der Waals surface area contributed by atoms with Crippen LogP contribution < -0.4 is 15.0 Å². The summed E-state index contributed by atoms with van der Waals surface area (Å²) in [6.45, 7) is 10.5. The van der Waals surface area contributed by atoms with E-state index in [4.69, 9.17) is 4.74 Å². The first-order valence-corrected chi connectivity index (χ1v) is 9.99. The van der Waals surface area contributed by atoms with Crippen molar-refractivity contribution in [2.24, 2.45) is 0 Å². The zero-order chi connectivity index (χ0) is 20.1. The molecule has 0 saturated carbocycles. The van der Waals surface area contributed by atoms with Crippen molar-refractivity contribution in [1.82, 2.24) is 4.90 Å². The van der Waals surface area contributed by atoms with Crippen LogP contribution in [0.3, 0.4) is 0 Å². The lowest BCUT2D eigenvalue weighted by Crippen LogP contribution is -2.44. The molecule has 1 saturated heterocycles. The van der Waals surface area contributed by atoms with Gasteiger partial charge in [-0.1, -0.05) is 26.0 Å². The Morgan fingerprint density at radius 3 is 2.39 bits per heavy atom. The number of carbonyl (C=O) groups excluding carboxylic acids is 1. The smallest absolute Gasteiger partial charge is 0.262 e. The van der Waals surface area contributed by atoms with Gasteiger partial charge in [0.05, 0.1) is 0 Å². The van der Waals surface area contributed by atoms with Crippen molar-refractivity contribution in [3.8, 4) is 5.75 Å². The summed E-state index contributed by atoms with van der Waals surface area (Å²) in [6.07, 6.45) is 0. The van der Waals surface area contributed by atoms with Gasteiger partial charge in [0.1, 0.15) is 5.75 Å². The van der Waals surface area contributed by atoms with Gasteiger partial charge in [-0.25, -0.2) is 0 Å². The second kappa shape index (κ2) is 9.11. The molecule has 1 amide bonds. The number of benzene rings is 2. The Labute approximate surface area is 168 Å². The highest BCUT2D eigenvalue weighted by molar-refractivity contribution is 5.92. The van der Waals surface area contributed by atoms with Crippen molar-refractivity contribution in [2.75, 3.05) is 50.1 Å². The fourth-order valence-corrected chi connectivity index (χ4v) is 3.40. The average molecular weight is 382 g/mol. The minimum atomic E-state index is -0.149. The van der Waals surface area contributed by atoms with E-state index in [0.29, 0.717) is 5.92 Å². The van der Waals surface area contributed by atoms with E-state index in [2.05, 4.69) is 60.3 Å². The molecule has 0 spiro atoms. The van der Waals surface area contributed by atoms with Gasteiger partial charge < -0.3 is 19.9 Å². The molecule has 0 aromatic heterocycles. The van der Waals surface area contributed by atoms with Crippen LogP contribution in [0.5, 0.6) is 5.75 Å². The summed E-state index contributed by atoms with van der Waals surface area (Å²) < 4.78 is 5.82. The van der Waals surface area contributed by atoms with Gasteiger partial charge in [-0.3, -0.25) is 4.79 Å². The number of nitrogens with one attached hydrogen (secondary N) is 1. The molecule has 150 valence electrons. The largest absolute Gasteiger partial charge is 0.483 e. The Bertz CT molecular complexity index is 794. The van der Waals surface area contributed by atoms with Gasteiger partial charge in [-0.15, -0.1) is 0 Å². The molecule has 2 aromatic rings. The average Bonchev–Trinajstić information content (AvgIpc) is 2.67. The third kappa shape index (κ3) is 5.26. The first kappa shape index (κ1) is 20.2. The third-order valence-corrected chi connectivity index (χ3v) is 5.17. The molecule has 1 aliphatic heterocycles. The van der Waals surface area contributed by atoms with Crippen molar-refractivity contribution >= 4 is 17.3 Å². The molecule has 0 radical (unpaired) electrons. The summed E-state index contributed by atoms with van der Waals surface area (Å²) in [5.74, 6) is 0.986. The van der Waals surface area contributed by atoms with E-state index >= 15 is 0 Å². The lowest BCUT2D eigenvalue weighted by molar-refractivity contribution is -0.118. The molecule has 1 N–H and O–H groups in total. The van der Waals surface area contributed by atoms with E-state index in [1.165, 1.54) is 5.69 Å². The van der Waals surface area contributed by atoms with Crippen molar-refractivity contribution < 1.29 is 9.53 Å². The zero-order valence-electron chi connectivity index (χ0n) is 17.4. The van der Waals surface area contributed by atoms with E-state index in [1.807, 2.05) is 25.1 Å². The molecular weight excluding hydrogens is 350 g/mol. The highest BCUT2D eigenvalue weighted by atomic mass is 16.5. The molecule has 0 bridgehead atoms. The molecule has 2 aromatic carbocycles. The van der Waals surface area contributed by atoms with Gasteiger partial charge in [-0.2, -0.15) is 0 Å². The van der Waals surface area contributed by atoms with E-state index in [0.717, 1.165) is 48.7 Å². The Morgan fingerprint density at radius 2 is 1.75 bits per heavy atom. The Morgan fingerprint density at radius 1 is 1.07 bits per heavy atom. The monoisotopic (exact) mass is 381 g/mol. The van der Waals surface area contributed by atoms with Gasteiger partial charge in [-0.05, 0) is 61.3 Å². The number of nitrogens with zero attached hydrogens (tertiary/aromatic N) is 2. The molecule has 5 nitrogen and oxygen atoms in total. The number of hydrogen-bond donors (Lipinski definition) is 1. The molecule has 5 heteroatoms. The van der Waals surface area contributed by atoms with Crippen molar-refractivity contribution in [3.63, 3.8) is 0 Å². The fourth-order valence-electron chi connectivity index (χ4n) is 3.40. The normalized spacial score (nSPS) is 15.0. The summed E-state index contributed by atoms with van der Waals surface area (Å²) in [4.78, 5) is 17.0. The number of ether oxygens (including phenoxy) is 1. The standard InChI is InChI=1S/C23H31N3O2/c1-17(2)21-10-5-18(3)15-22(21)28-16-23(27)24-19-6-8-20(9-7-19)26-13-11-25(4)12-14-26/h5-10,15,17H,11-14,16H2,1-4H3,(H,24,27). The van der Waals surface area contributed by atoms with E-state index in [-0.39, 0.29) is 12.5 Å². The molecule has 1 heterocycles. The maximum atomic E-state index is 12.3. The van der Waals surface area contributed by atoms with Gasteiger partial charge in [0, 0.05) is 37.6 Å². The van der Waals surface area contributed by atoms with E-state index in [1.54, 1.807) is 0 Å². The summed E-state index contributed by atoms with van der Waals surface area (Å²) >= 11 is 0. The number of aryl methyl sites for hydroxylation is 1. The van der Waals surface area contributed by atoms with Crippen LogP contribution in [0.2, 0.25) is 0 Å². The molecule has 28 heavy (non-hydrogen) atoms. The zero-order valence-corrected chi connectivity index (χ0v) is 17.4. The van der Waals surface area contributed by atoms with Gasteiger partial charge >= 0.3 is 0 Å². The Hall–Kier alpha value is -2.53. The highest BCUT2D eigenvalue weighted by Crippen LogP contribution is 2.27. The van der Waals surface area contributed by atoms with Crippen molar-refractivity contribution in [2.45, 2.75) is 26.7 Å². The number of anilines is 2. The van der Waals surface area contributed by atoms with E-state index in [9.17, 15) is 4.79 Å². The summed E-state index contributed by atoms with van der Waals surface area (Å²) in [6, 6.07) is 14.2. The number of carbonyl (C=O) groups is 1. The van der Waals surface area contributed by atoms with Crippen LogP contribution in [-0.2, 0) is 4.79 Å². The second-order valence-corrected chi connectivity index (χ2v) is 7.87. The Kier molecular flexibility index (Phi) is 6.57. The quantitative estimate of drug-likeness (QED) is 0.825. The highest BCUT2D eigenvalue weighted by Gasteiger charge is 2.14. The predicted octanol–water partition coefficient (Wildman–Crippen LogP) is 3.89. The van der Waals surface area contributed by atoms with Gasteiger partial charge in [0.15, 0.2) is 6.61 Å². The number of amides is 1. The lowest BCUT2D eigenvalue weighted by atomic mass is 10.0. The first-order chi connectivity index (χ1) is 13.4. The lowest BCUT2D eigenvalue weighted by Gasteiger charge is -2.34. The number of hydrogen-bond acceptors (Lipinski definition) is 4. The van der Waals surface area contributed by atoms with Gasteiger partial charge in [0.2, 0.25) is 0 Å². The Balaban J connectivity index is 1.55. The van der Waals surface area contributed by atoms with Crippen LogP contribution in [0.25, 0.3) is 0 Å². The molecule has 1 aliphatic rings. The van der Waals surface area contributed by atoms with Crippen LogP contribution >= 0.6 is 0 Å².